The number of nitrogen functional groups attached to an aromatic ring is 1. The van der Waals surface area contributed by atoms with E-state index in [0.29, 0.717) is 17.7 Å². The fraction of sp³-hybridized carbons (Fsp3) is 0.440. The number of nitrogens with zero attached hydrogens (tertiary/aromatic N) is 4. The van der Waals surface area contributed by atoms with Gasteiger partial charge in [0.2, 0.25) is 5.60 Å². The number of carbonyl (C=O) groups is 4. The number of aliphatic carboxylic acids is 2. The number of anilines is 1. The fourth-order valence-corrected chi connectivity index (χ4v) is 6.75. The van der Waals surface area contributed by atoms with Crippen molar-refractivity contribution in [3.63, 3.8) is 0 Å². The molecule has 2 amide bonds. The van der Waals surface area contributed by atoms with E-state index in [0.717, 1.165) is 35.5 Å². The third kappa shape index (κ3) is 5.11. The second-order valence-corrected chi connectivity index (χ2v) is 12.3. The van der Waals surface area contributed by atoms with Gasteiger partial charge >= 0.3 is 11.9 Å². The predicted molar refractivity (Wildman–Crippen MR) is 147 cm³/mol. The topological polar surface area (TPSA) is 185 Å². The van der Waals surface area contributed by atoms with Crippen LogP contribution in [0.3, 0.4) is 0 Å². The highest BCUT2D eigenvalue weighted by Crippen LogP contribution is 2.41. The third-order valence-corrected chi connectivity index (χ3v) is 9.43. The number of amides is 2. The SMILES string of the molecule is C[N+]1(CC=CC2=C(C(=O)O)N3C(=O)C(NC(=O)/C(=N\OC4(C(=O)O)CCC4)c4csc(N)n4)[C@H]3SC2)CC=CC1. The second-order valence-electron chi connectivity index (χ2n) is 10.3. The van der Waals surface area contributed by atoms with Crippen molar-refractivity contribution in [2.24, 2.45) is 5.16 Å². The summed E-state index contributed by atoms with van der Waals surface area (Å²) in [6.45, 7) is 2.52. The van der Waals surface area contributed by atoms with E-state index in [2.05, 4.69) is 34.7 Å². The van der Waals surface area contributed by atoms with Crippen molar-refractivity contribution in [1.29, 1.82) is 0 Å². The maximum atomic E-state index is 13.3. The number of aromatic nitrogens is 1. The molecule has 1 unspecified atom stereocenters. The number of thiazole rings is 1. The number of fused-ring (bicyclic) bond motifs is 1. The largest absolute Gasteiger partial charge is 0.478 e. The lowest BCUT2D eigenvalue weighted by atomic mass is 9.80. The molecule has 15 heteroatoms. The van der Waals surface area contributed by atoms with Crippen LogP contribution in [0.25, 0.3) is 0 Å². The molecule has 1 saturated heterocycles. The van der Waals surface area contributed by atoms with Gasteiger partial charge in [-0.1, -0.05) is 11.2 Å². The molecular weight excluding hydrogens is 560 g/mol. The fourth-order valence-electron chi connectivity index (χ4n) is 4.89. The minimum Gasteiger partial charge on any atom is -0.478 e. The quantitative estimate of drug-likeness (QED) is 0.0999. The van der Waals surface area contributed by atoms with Gasteiger partial charge in [-0.2, -0.15) is 0 Å². The predicted octanol–water partition coefficient (Wildman–Crippen LogP) is 0.765. The Bertz CT molecular complexity index is 1370. The Balaban J connectivity index is 1.32. The van der Waals surface area contributed by atoms with Gasteiger partial charge in [0.15, 0.2) is 10.8 Å². The zero-order chi connectivity index (χ0) is 28.7. The molecule has 1 aromatic rings. The van der Waals surface area contributed by atoms with E-state index in [9.17, 15) is 29.4 Å². The number of allylic oxidation sites excluding steroid dienone is 1. The number of rotatable bonds is 10. The van der Waals surface area contributed by atoms with Crippen LogP contribution >= 0.6 is 23.1 Å². The summed E-state index contributed by atoms with van der Waals surface area (Å²) in [5.74, 6) is -3.45. The summed E-state index contributed by atoms with van der Waals surface area (Å²) in [6.07, 6.45) is 9.06. The van der Waals surface area contributed by atoms with Crippen molar-refractivity contribution in [3.05, 3.63) is 46.6 Å². The molecule has 13 nitrogen and oxygen atoms in total. The van der Waals surface area contributed by atoms with Gasteiger partial charge in [0, 0.05) is 24.0 Å². The van der Waals surface area contributed by atoms with Crippen molar-refractivity contribution in [1.82, 2.24) is 15.2 Å². The number of likely N-dealkylation sites (N-methyl/N-ethyl adjacent to an activating group) is 1. The summed E-state index contributed by atoms with van der Waals surface area (Å²) in [6, 6.07) is -1.02. The molecule has 0 aromatic carbocycles. The standard InChI is InChI=1S/C25H28N6O7S2/c1-31(9-2-3-10-31)11-4-6-14-12-39-21-17(20(33)30(21)18(14)22(34)35)28-19(32)16(15-13-40-24(26)27-15)29-38-25(23(36)37)7-5-8-25/h2-4,6,13,17,21H,5,7-12H2,1H3,(H4-,26,27,28,32,34,35,36,37)/p+1/b6-4?,29-16-/t17?,21-/m1/s1. The molecule has 4 heterocycles. The van der Waals surface area contributed by atoms with Crippen LogP contribution in [0.4, 0.5) is 5.13 Å². The van der Waals surface area contributed by atoms with E-state index in [1.807, 2.05) is 6.08 Å². The van der Waals surface area contributed by atoms with Crippen LogP contribution in [0.2, 0.25) is 0 Å². The molecule has 4 aliphatic rings. The lowest BCUT2D eigenvalue weighted by molar-refractivity contribution is -0.887. The van der Waals surface area contributed by atoms with E-state index in [4.69, 9.17) is 10.6 Å². The number of β-lactam (4-membered cyclic amide) rings is 1. The number of thioether (sulfide) groups is 1. The first-order chi connectivity index (χ1) is 19.0. The number of quaternary nitrogens is 1. The molecule has 1 aliphatic carbocycles. The maximum absolute atomic E-state index is 13.3. The van der Waals surface area contributed by atoms with E-state index in [-0.39, 0.29) is 35.1 Å². The van der Waals surface area contributed by atoms with Gasteiger partial charge in [0.05, 0.1) is 26.7 Å². The molecule has 212 valence electrons. The monoisotopic (exact) mass is 589 g/mol. The summed E-state index contributed by atoms with van der Waals surface area (Å²) in [4.78, 5) is 60.9. The Morgan fingerprint density at radius 1 is 1.32 bits per heavy atom. The number of nitrogens with one attached hydrogen (secondary N) is 1. The molecule has 1 saturated carbocycles. The Labute approximate surface area is 237 Å². The van der Waals surface area contributed by atoms with Gasteiger partial charge in [0.25, 0.3) is 11.8 Å². The minimum absolute atomic E-state index is 0.0721. The van der Waals surface area contributed by atoms with Crippen molar-refractivity contribution >= 4 is 57.7 Å². The van der Waals surface area contributed by atoms with Gasteiger partial charge in [-0.3, -0.25) is 14.5 Å². The van der Waals surface area contributed by atoms with Crippen LogP contribution in [-0.2, 0) is 24.0 Å². The van der Waals surface area contributed by atoms with Crippen molar-refractivity contribution in [3.8, 4) is 0 Å². The average molecular weight is 590 g/mol. The Kier molecular flexibility index (Phi) is 7.46. The highest BCUT2D eigenvalue weighted by atomic mass is 32.2. The molecule has 5 N–H and O–H groups in total. The number of carboxylic acid groups (broad SMARTS) is 2. The van der Waals surface area contributed by atoms with Gasteiger partial charge in [-0.25, -0.2) is 14.6 Å². The number of hydrogen-bond acceptors (Lipinski definition) is 10. The number of carbonyl (C=O) groups excluding carboxylic acids is 2. The number of carboxylic acids is 2. The van der Waals surface area contributed by atoms with Crippen molar-refractivity contribution in [2.45, 2.75) is 36.3 Å². The van der Waals surface area contributed by atoms with E-state index < -0.39 is 40.8 Å². The number of nitrogens with two attached hydrogens (primary N) is 1. The highest BCUT2D eigenvalue weighted by molar-refractivity contribution is 8.00. The molecular formula is C25H29N6O7S2+. The van der Waals surface area contributed by atoms with E-state index in [1.54, 1.807) is 6.08 Å². The summed E-state index contributed by atoms with van der Waals surface area (Å²) in [5, 5.41) is 26.9. The zero-order valence-electron chi connectivity index (χ0n) is 21.6. The molecule has 0 bridgehead atoms. The molecule has 1 aromatic heterocycles. The Morgan fingerprint density at radius 2 is 2.05 bits per heavy atom. The molecule has 5 rings (SSSR count). The van der Waals surface area contributed by atoms with Crippen LogP contribution in [0, 0.1) is 0 Å². The van der Waals surface area contributed by atoms with Gasteiger partial charge in [-0.05, 0) is 30.2 Å². The molecule has 3 aliphatic heterocycles. The smallest absolute Gasteiger partial charge is 0.352 e. The summed E-state index contributed by atoms with van der Waals surface area (Å²) < 4.78 is 0.796. The van der Waals surface area contributed by atoms with Gasteiger partial charge in [-0.15, -0.1) is 23.1 Å². The minimum atomic E-state index is -1.52. The summed E-state index contributed by atoms with van der Waals surface area (Å²) >= 11 is 2.40. The van der Waals surface area contributed by atoms with E-state index in [1.165, 1.54) is 22.0 Å². The number of oxime groups is 1. The average Bonchev–Trinajstić information content (AvgIpc) is 3.51. The Hall–Kier alpha value is -3.69. The van der Waals surface area contributed by atoms with E-state index >= 15 is 0 Å². The van der Waals surface area contributed by atoms with Gasteiger partial charge in [0.1, 0.15) is 22.8 Å². The second kappa shape index (κ2) is 10.7. The summed E-state index contributed by atoms with van der Waals surface area (Å²) in [5.41, 5.74) is 4.37. The van der Waals surface area contributed by atoms with Crippen LogP contribution in [0.15, 0.2) is 46.1 Å². The van der Waals surface area contributed by atoms with Crippen LogP contribution in [0.5, 0.6) is 0 Å². The van der Waals surface area contributed by atoms with Crippen molar-refractivity contribution < 1.29 is 38.7 Å². The molecule has 0 radical (unpaired) electrons. The first-order valence-electron chi connectivity index (χ1n) is 12.6. The highest BCUT2D eigenvalue weighted by Gasteiger charge is 2.54. The van der Waals surface area contributed by atoms with Crippen molar-refractivity contribution in [2.75, 3.05) is 38.2 Å². The lowest BCUT2D eigenvalue weighted by Crippen LogP contribution is -2.71. The van der Waals surface area contributed by atoms with Crippen LogP contribution < -0.4 is 11.1 Å². The van der Waals surface area contributed by atoms with Crippen LogP contribution in [0.1, 0.15) is 25.0 Å². The molecule has 2 fully saturated rings. The maximum Gasteiger partial charge on any atom is 0.352 e. The molecule has 0 spiro atoms. The normalized spacial score (nSPS) is 24.9. The lowest BCUT2D eigenvalue weighted by Gasteiger charge is -2.49. The molecule has 40 heavy (non-hydrogen) atoms. The van der Waals surface area contributed by atoms with Gasteiger partial charge < -0.3 is 30.6 Å². The Morgan fingerprint density at radius 3 is 2.62 bits per heavy atom. The molecule has 2 atom stereocenters. The summed E-state index contributed by atoms with van der Waals surface area (Å²) in [7, 11) is 2.12. The zero-order valence-corrected chi connectivity index (χ0v) is 23.2. The first-order valence-corrected chi connectivity index (χ1v) is 14.5. The number of hydrogen-bond donors (Lipinski definition) is 4. The first kappa shape index (κ1) is 27.9. The van der Waals surface area contributed by atoms with Crippen LogP contribution in [-0.4, -0.2) is 103 Å². The third-order valence-electron chi connectivity index (χ3n) is 7.45.